The first kappa shape index (κ1) is 29.9. The van der Waals surface area contributed by atoms with Gasteiger partial charge in [-0.1, -0.05) is 36.4 Å². The number of rotatable bonds is 12. The highest BCUT2D eigenvalue weighted by Crippen LogP contribution is 2.27. The molecule has 1 aliphatic rings. The molecule has 3 amide bonds. The number of alkyl carbamates (subject to hydrolysis) is 1. The molecule has 3 rings (SSSR count). The number of hydrogen-bond donors (Lipinski definition) is 2. The van der Waals surface area contributed by atoms with Crippen LogP contribution in [0.1, 0.15) is 30.4 Å². The van der Waals surface area contributed by atoms with Gasteiger partial charge in [-0.05, 0) is 30.5 Å². The summed E-state index contributed by atoms with van der Waals surface area (Å²) >= 11 is 0. The summed E-state index contributed by atoms with van der Waals surface area (Å²) in [6.07, 6.45) is -1.09. The zero-order valence-electron chi connectivity index (χ0n) is 22.1. The van der Waals surface area contributed by atoms with Crippen LogP contribution < -0.4 is 10.1 Å². The number of carbonyl (C=O) groups excluding carboxylic acids is 3. The zero-order chi connectivity index (χ0) is 29.1. The van der Waals surface area contributed by atoms with Crippen LogP contribution in [-0.2, 0) is 25.7 Å². The molecule has 40 heavy (non-hydrogen) atoms. The molecular weight excluding hydrogens is 524 g/mol. The van der Waals surface area contributed by atoms with E-state index < -0.39 is 23.0 Å². The maximum atomic E-state index is 12.6. The number of piperazine rings is 1. The van der Waals surface area contributed by atoms with Gasteiger partial charge in [0.2, 0.25) is 11.8 Å². The number of aliphatic carboxylic acids is 1. The van der Waals surface area contributed by atoms with Gasteiger partial charge in [-0.3, -0.25) is 19.7 Å². The minimum absolute atomic E-state index is 0.0149. The minimum atomic E-state index is -1.29. The number of carboxylic acid groups (broad SMARTS) is 1. The van der Waals surface area contributed by atoms with Gasteiger partial charge < -0.3 is 29.7 Å². The SMILES string of the molecule is Cc1ccc(OCCC(=O)N2CCN(C(=O)CC[C@H](NC(=O)OCc3ccccc3)C(=O)O)CC2)c([N+](=O)[O-])c1. The van der Waals surface area contributed by atoms with Crippen molar-refractivity contribution in [2.45, 2.75) is 38.8 Å². The van der Waals surface area contributed by atoms with Crippen molar-refractivity contribution in [3.05, 3.63) is 69.8 Å². The summed E-state index contributed by atoms with van der Waals surface area (Å²) < 4.78 is 10.5. The summed E-state index contributed by atoms with van der Waals surface area (Å²) in [6, 6.07) is 12.2. The molecule has 0 saturated carbocycles. The molecule has 214 valence electrons. The van der Waals surface area contributed by atoms with E-state index in [1.807, 2.05) is 6.07 Å². The van der Waals surface area contributed by atoms with Crippen molar-refractivity contribution in [1.29, 1.82) is 0 Å². The van der Waals surface area contributed by atoms with Gasteiger partial charge in [-0.2, -0.15) is 0 Å². The van der Waals surface area contributed by atoms with E-state index in [1.54, 1.807) is 47.1 Å². The third-order valence-electron chi connectivity index (χ3n) is 6.32. The van der Waals surface area contributed by atoms with Gasteiger partial charge in [0.15, 0.2) is 5.75 Å². The fourth-order valence-electron chi connectivity index (χ4n) is 4.09. The van der Waals surface area contributed by atoms with Crippen molar-refractivity contribution >= 4 is 29.6 Å². The van der Waals surface area contributed by atoms with Crippen molar-refractivity contribution in [2.75, 3.05) is 32.8 Å². The second kappa shape index (κ2) is 14.5. The largest absolute Gasteiger partial charge is 0.486 e. The molecule has 0 unspecified atom stereocenters. The van der Waals surface area contributed by atoms with Crippen molar-refractivity contribution in [3.8, 4) is 5.75 Å². The van der Waals surface area contributed by atoms with E-state index in [-0.39, 0.29) is 68.8 Å². The summed E-state index contributed by atoms with van der Waals surface area (Å²) in [6.45, 7) is 2.83. The second-order valence-corrected chi connectivity index (χ2v) is 9.22. The first-order valence-electron chi connectivity index (χ1n) is 12.8. The predicted octanol–water partition coefficient (Wildman–Crippen LogP) is 2.50. The fraction of sp³-hybridized carbons (Fsp3) is 0.407. The van der Waals surface area contributed by atoms with E-state index in [0.717, 1.165) is 11.1 Å². The summed E-state index contributed by atoms with van der Waals surface area (Å²) in [5.41, 5.74) is 1.31. The van der Waals surface area contributed by atoms with E-state index >= 15 is 0 Å². The molecule has 0 bridgehead atoms. The number of aryl methyl sites for hydroxylation is 1. The smallest absolute Gasteiger partial charge is 0.408 e. The predicted molar refractivity (Wildman–Crippen MR) is 142 cm³/mol. The third kappa shape index (κ3) is 8.96. The molecule has 1 heterocycles. The van der Waals surface area contributed by atoms with E-state index in [4.69, 9.17) is 9.47 Å². The van der Waals surface area contributed by atoms with E-state index in [2.05, 4.69) is 5.32 Å². The summed E-state index contributed by atoms with van der Waals surface area (Å²) in [7, 11) is 0. The maximum absolute atomic E-state index is 12.6. The van der Waals surface area contributed by atoms with Crippen molar-refractivity contribution in [1.82, 2.24) is 15.1 Å². The average Bonchev–Trinajstić information content (AvgIpc) is 2.95. The van der Waals surface area contributed by atoms with Gasteiger partial charge in [0.1, 0.15) is 12.6 Å². The highest BCUT2D eigenvalue weighted by atomic mass is 16.6. The number of nitrogens with one attached hydrogen (secondary N) is 1. The maximum Gasteiger partial charge on any atom is 0.408 e. The van der Waals surface area contributed by atoms with Crippen molar-refractivity contribution in [2.24, 2.45) is 0 Å². The Kier molecular flexibility index (Phi) is 10.8. The van der Waals surface area contributed by atoms with Crippen molar-refractivity contribution < 1.29 is 38.7 Å². The summed E-state index contributed by atoms with van der Waals surface area (Å²) in [5.74, 6) is -1.67. The molecule has 0 aromatic heterocycles. The van der Waals surface area contributed by atoms with Crippen molar-refractivity contribution in [3.63, 3.8) is 0 Å². The Hall–Kier alpha value is -4.68. The van der Waals surface area contributed by atoms with Crippen LogP contribution in [0.4, 0.5) is 10.5 Å². The molecule has 1 aliphatic heterocycles. The number of ether oxygens (including phenoxy) is 2. The molecule has 2 N–H and O–H groups in total. The molecule has 1 fully saturated rings. The van der Waals surface area contributed by atoms with E-state index in [0.29, 0.717) is 13.1 Å². The van der Waals surface area contributed by atoms with Crippen LogP contribution in [0.2, 0.25) is 0 Å². The minimum Gasteiger partial charge on any atom is -0.486 e. The molecule has 0 spiro atoms. The van der Waals surface area contributed by atoms with Crippen LogP contribution in [0.3, 0.4) is 0 Å². The molecule has 13 nitrogen and oxygen atoms in total. The lowest BCUT2D eigenvalue weighted by Gasteiger charge is -2.35. The number of carbonyl (C=O) groups is 4. The molecule has 2 aromatic rings. The first-order chi connectivity index (χ1) is 19.1. The Morgan fingerprint density at radius 3 is 2.23 bits per heavy atom. The highest BCUT2D eigenvalue weighted by molar-refractivity contribution is 5.82. The number of nitro benzene ring substituents is 1. The Labute approximate surface area is 230 Å². The van der Waals surface area contributed by atoms with Gasteiger partial charge in [-0.15, -0.1) is 0 Å². The fourth-order valence-corrected chi connectivity index (χ4v) is 4.09. The van der Waals surface area contributed by atoms with Crippen LogP contribution >= 0.6 is 0 Å². The third-order valence-corrected chi connectivity index (χ3v) is 6.32. The molecule has 0 aliphatic carbocycles. The molecular formula is C27H32N4O9. The van der Waals surface area contributed by atoms with Gasteiger partial charge in [0, 0.05) is 38.7 Å². The van der Waals surface area contributed by atoms with Crippen LogP contribution in [0.5, 0.6) is 5.75 Å². The topological polar surface area (TPSA) is 169 Å². The van der Waals surface area contributed by atoms with E-state index in [1.165, 1.54) is 12.1 Å². The Bertz CT molecular complexity index is 1210. The lowest BCUT2D eigenvalue weighted by atomic mass is 10.1. The lowest BCUT2D eigenvalue weighted by Crippen LogP contribution is -2.51. The quantitative estimate of drug-likeness (QED) is 0.295. The van der Waals surface area contributed by atoms with Gasteiger partial charge in [-0.25, -0.2) is 9.59 Å². The normalized spacial score (nSPS) is 13.7. The highest BCUT2D eigenvalue weighted by Gasteiger charge is 2.27. The average molecular weight is 557 g/mol. The molecule has 1 saturated heterocycles. The van der Waals surface area contributed by atoms with Crippen LogP contribution in [0, 0.1) is 17.0 Å². The van der Waals surface area contributed by atoms with Gasteiger partial charge >= 0.3 is 17.7 Å². The van der Waals surface area contributed by atoms with Crippen LogP contribution in [0.25, 0.3) is 0 Å². The number of carboxylic acids is 1. The number of nitrogens with zero attached hydrogens (tertiary/aromatic N) is 3. The Morgan fingerprint density at radius 2 is 1.62 bits per heavy atom. The zero-order valence-corrected chi connectivity index (χ0v) is 22.1. The molecule has 2 aromatic carbocycles. The first-order valence-corrected chi connectivity index (χ1v) is 12.8. The number of nitro groups is 1. The molecule has 13 heteroatoms. The summed E-state index contributed by atoms with van der Waals surface area (Å²) in [5, 5.41) is 22.9. The number of amides is 3. The summed E-state index contributed by atoms with van der Waals surface area (Å²) in [4.78, 5) is 62.6. The van der Waals surface area contributed by atoms with Crippen LogP contribution in [-0.4, -0.2) is 82.5 Å². The second-order valence-electron chi connectivity index (χ2n) is 9.22. The standard InChI is InChI=1S/C27H32N4O9/c1-19-7-9-23(22(17-19)31(37)38)39-16-11-25(33)30-14-12-29(13-15-30)24(32)10-8-21(26(34)35)28-27(36)40-18-20-5-3-2-4-6-20/h2-7,9,17,21H,8,10-16,18H2,1H3,(H,28,36)(H,34,35)/t21-/m0/s1. The Balaban J connectivity index is 1.38. The van der Waals surface area contributed by atoms with Gasteiger partial charge in [0.25, 0.3) is 0 Å². The lowest BCUT2D eigenvalue weighted by molar-refractivity contribution is -0.385. The van der Waals surface area contributed by atoms with Gasteiger partial charge in [0.05, 0.1) is 18.0 Å². The molecule has 1 atom stereocenters. The number of benzene rings is 2. The monoisotopic (exact) mass is 556 g/mol. The van der Waals surface area contributed by atoms with E-state index in [9.17, 15) is 34.4 Å². The Morgan fingerprint density at radius 1 is 1.00 bits per heavy atom. The molecule has 0 radical (unpaired) electrons. The number of hydrogen-bond acceptors (Lipinski definition) is 8. The van der Waals surface area contributed by atoms with Crippen LogP contribution in [0.15, 0.2) is 48.5 Å².